The number of benzene rings is 2. The number of hydrogen-bond donors (Lipinski definition) is 0. The maximum Gasteiger partial charge on any atom is 0.226 e. The fourth-order valence-electron chi connectivity index (χ4n) is 3.92. The van der Waals surface area contributed by atoms with E-state index in [1.54, 1.807) is 19.2 Å². The minimum atomic E-state index is -0.306. The predicted molar refractivity (Wildman–Crippen MR) is 122 cm³/mol. The Kier molecular flexibility index (Phi) is 7.67. The predicted octanol–water partition coefficient (Wildman–Crippen LogP) is 3.59. The Morgan fingerprint density at radius 2 is 1.76 bits per heavy atom. The average molecular weight is 453 g/mol. The lowest BCUT2D eigenvalue weighted by Crippen LogP contribution is -2.49. The highest BCUT2D eigenvalue weighted by Crippen LogP contribution is 2.17. The number of aryl methyl sites for hydroxylation is 1. The number of piperazine rings is 1. The topological polar surface area (TPSA) is 71.7 Å². The van der Waals surface area contributed by atoms with E-state index in [0.717, 1.165) is 44.9 Å². The second-order valence-corrected chi connectivity index (χ2v) is 8.19. The van der Waals surface area contributed by atoms with Crippen molar-refractivity contribution in [1.82, 2.24) is 19.9 Å². The lowest BCUT2D eigenvalue weighted by molar-refractivity contribution is -0.133. The summed E-state index contributed by atoms with van der Waals surface area (Å²) in [5, 5.41) is 3.94. The van der Waals surface area contributed by atoms with Crippen LogP contribution in [-0.2, 0) is 17.6 Å². The van der Waals surface area contributed by atoms with E-state index in [0.29, 0.717) is 36.5 Å². The quantitative estimate of drug-likeness (QED) is 0.494. The van der Waals surface area contributed by atoms with Crippen molar-refractivity contribution in [3.05, 3.63) is 65.8 Å². The molecule has 2 aromatic carbocycles. The highest BCUT2D eigenvalue weighted by molar-refractivity contribution is 5.76. The summed E-state index contributed by atoms with van der Waals surface area (Å²) in [6.07, 6.45) is 2.64. The summed E-state index contributed by atoms with van der Waals surface area (Å²) in [6.45, 7) is 4.30. The van der Waals surface area contributed by atoms with Crippen LogP contribution < -0.4 is 4.74 Å². The number of amides is 1. The monoisotopic (exact) mass is 452 g/mol. The summed E-state index contributed by atoms with van der Waals surface area (Å²) in [6, 6.07) is 14.1. The van der Waals surface area contributed by atoms with Crippen molar-refractivity contribution < 1.29 is 18.4 Å². The number of aromatic nitrogens is 2. The molecule has 1 aliphatic rings. The number of halogens is 1. The van der Waals surface area contributed by atoms with Gasteiger partial charge in [-0.2, -0.15) is 4.98 Å². The molecule has 0 saturated carbocycles. The Morgan fingerprint density at radius 3 is 2.45 bits per heavy atom. The van der Waals surface area contributed by atoms with E-state index >= 15 is 0 Å². The second kappa shape index (κ2) is 11.0. The summed E-state index contributed by atoms with van der Waals surface area (Å²) >= 11 is 0. The van der Waals surface area contributed by atoms with Gasteiger partial charge < -0.3 is 14.2 Å². The molecule has 0 bridgehead atoms. The molecular weight excluding hydrogens is 423 g/mol. The Bertz CT molecular complexity index is 1030. The lowest BCUT2D eigenvalue weighted by Gasteiger charge is -2.34. The van der Waals surface area contributed by atoms with Gasteiger partial charge in [0.05, 0.1) is 7.11 Å². The summed E-state index contributed by atoms with van der Waals surface area (Å²) in [5.41, 5.74) is 1.99. The molecule has 33 heavy (non-hydrogen) atoms. The molecule has 1 saturated heterocycles. The number of rotatable bonds is 9. The molecule has 0 aliphatic carbocycles. The van der Waals surface area contributed by atoms with Gasteiger partial charge in [0.2, 0.25) is 17.6 Å². The van der Waals surface area contributed by atoms with E-state index < -0.39 is 0 Å². The van der Waals surface area contributed by atoms with Crippen molar-refractivity contribution in [2.75, 3.05) is 39.8 Å². The van der Waals surface area contributed by atoms with Crippen LogP contribution in [0.2, 0.25) is 0 Å². The zero-order valence-corrected chi connectivity index (χ0v) is 18.9. The van der Waals surface area contributed by atoms with Gasteiger partial charge in [-0.1, -0.05) is 17.3 Å². The SMILES string of the molecule is COc1ccc(CCN2CCN(C(=O)CCCc3nc(-c4ccc(F)cc4)no3)CC2)cc1. The first-order valence-corrected chi connectivity index (χ1v) is 11.3. The summed E-state index contributed by atoms with van der Waals surface area (Å²) in [7, 11) is 1.67. The molecule has 3 aromatic rings. The number of methoxy groups -OCH3 is 1. The van der Waals surface area contributed by atoms with Gasteiger partial charge in [-0.3, -0.25) is 9.69 Å². The molecule has 2 heterocycles. The van der Waals surface area contributed by atoms with Crippen LogP contribution in [-0.4, -0.2) is 65.7 Å². The van der Waals surface area contributed by atoms with Gasteiger partial charge in [-0.05, 0) is 54.8 Å². The Labute approximate surface area is 193 Å². The molecule has 8 heteroatoms. The maximum atomic E-state index is 13.1. The Morgan fingerprint density at radius 1 is 1.03 bits per heavy atom. The smallest absolute Gasteiger partial charge is 0.226 e. The molecule has 1 amide bonds. The first-order valence-electron chi connectivity index (χ1n) is 11.3. The Hall–Kier alpha value is -3.26. The average Bonchev–Trinajstić information content (AvgIpc) is 3.32. The molecule has 0 radical (unpaired) electrons. The van der Waals surface area contributed by atoms with E-state index in [4.69, 9.17) is 9.26 Å². The minimum Gasteiger partial charge on any atom is -0.497 e. The van der Waals surface area contributed by atoms with Gasteiger partial charge in [-0.15, -0.1) is 0 Å². The third-order valence-electron chi connectivity index (χ3n) is 5.95. The molecule has 1 fully saturated rings. The molecule has 1 aliphatic heterocycles. The summed E-state index contributed by atoms with van der Waals surface area (Å²) in [4.78, 5) is 21.3. The van der Waals surface area contributed by atoms with Crippen LogP contribution in [0.25, 0.3) is 11.4 Å². The fraction of sp³-hybridized carbons (Fsp3) is 0.400. The van der Waals surface area contributed by atoms with Crippen LogP contribution in [0.4, 0.5) is 4.39 Å². The van der Waals surface area contributed by atoms with Crippen molar-refractivity contribution in [3.63, 3.8) is 0 Å². The van der Waals surface area contributed by atoms with Gasteiger partial charge in [0.1, 0.15) is 11.6 Å². The number of ether oxygens (including phenoxy) is 1. The van der Waals surface area contributed by atoms with Crippen molar-refractivity contribution in [2.24, 2.45) is 0 Å². The van der Waals surface area contributed by atoms with E-state index in [2.05, 4.69) is 27.2 Å². The normalized spacial score (nSPS) is 14.4. The molecular formula is C25H29FN4O3. The molecule has 0 N–H and O–H groups in total. The van der Waals surface area contributed by atoms with Gasteiger partial charge in [0.15, 0.2) is 0 Å². The van der Waals surface area contributed by atoms with Gasteiger partial charge in [-0.25, -0.2) is 4.39 Å². The first-order chi connectivity index (χ1) is 16.1. The maximum absolute atomic E-state index is 13.1. The minimum absolute atomic E-state index is 0.170. The van der Waals surface area contributed by atoms with E-state index in [1.807, 2.05) is 17.0 Å². The van der Waals surface area contributed by atoms with Crippen LogP contribution in [0.5, 0.6) is 5.75 Å². The number of hydrogen-bond acceptors (Lipinski definition) is 6. The molecule has 4 rings (SSSR count). The molecule has 174 valence electrons. The summed E-state index contributed by atoms with van der Waals surface area (Å²) < 4.78 is 23.5. The van der Waals surface area contributed by atoms with Crippen LogP contribution >= 0.6 is 0 Å². The third kappa shape index (κ3) is 6.38. The summed E-state index contributed by atoms with van der Waals surface area (Å²) in [5.74, 6) is 1.66. The molecule has 7 nitrogen and oxygen atoms in total. The van der Waals surface area contributed by atoms with Crippen molar-refractivity contribution >= 4 is 5.91 Å². The van der Waals surface area contributed by atoms with Gasteiger partial charge >= 0.3 is 0 Å². The van der Waals surface area contributed by atoms with Crippen molar-refractivity contribution in [1.29, 1.82) is 0 Å². The number of carbonyl (C=O) groups is 1. The molecule has 0 atom stereocenters. The first kappa shape index (κ1) is 22.9. The van der Waals surface area contributed by atoms with E-state index in [1.165, 1.54) is 17.7 Å². The molecule has 1 aromatic heterocycles. The van der Waals surface area contributed by atoms with Crippen molar-refractivity contribution in [2.45, 2.75) is 25.7 Å². The van der Waals surface area contributed by atoms with E-state index in [-0.39, 0.29) is 11.7 Å². The zero-order chi connectivity index (χ0) is 23.0. The van der Waals surface area contributed by atoms with Crippen LogP contribution in [0.15, 0.2) is 53.1 Å². The van der Waals surface area contributed by atoms with Crippen molar-refractivity contribution in [3.8, 4) is 17.1 Å². The molecule has 0 unspecified atom stereocenters. The van der Waals surface area contributed by atoms with Crippen LogP contribution in [0.1, 0.15) is 24.3 Å². The lowest BCUT2D eigenvalue weighted by atomic mass is 10.1. The molecule has 0 spiro atoms. The zero-order valence-electron chi connectivity index (χ0n) is 18.9. The largest absolute Gasteiger partial charge is 0.497 e. The van der Waals surface area contributed by atoms with Crippen LogP contribution in [0.3, 0.4) is 0 Å². The second-order valence-electron chi connectivity index (χ2n) is 8.19. The Balaban J connectivity index is 1.15. The highest BCUT2D eigenvalue weighted by atomic mass is 19.1. The number of carbonyl (C=O) groups excluding carboxylic acids is 1. The number of nitrogens with zero attached hydrogens (tertiary/aromatic N) is 4. The van der Waals surface area contributed by atoms with Gasteiger partial charge in [0.25, 0.3) is 0 Å². The van der Waals surface area contributed by atoms with Crippen LogP contribution in [0, 0.1) is 5.82 Å². The third-order valence-corrected chi connectivity index (χ3v) is 5.95. The van der Waals surface area contributed by atoms with Gasteiger partial charge in [0, 0.05) is 51.1 Å². The van der Waals surface area contributed by atoms with E-state index in [9.17, 15) is 9.18 Å². The highest BCUT2D eigenvalue weighted by Gasteiger charge is 2.21. The standard InChI is InChI=1S/C25H29FN4O3/c1-32-22-11-5-19(6-12-22)13-14-29-15-17-30(18-16-29)24(31)4-2-3-23-27-25(28-33-23)20-7-9-21(26)10-8-20/h5-12H,2-4,13-18H2,1H3. The fourth-order valence-corrected chi connectivity index (χ4v) is 3.92.